The number of benzene rings is 1. The lowest BCUT2D eigenvalue weighted by Gasteiger charge is -2.51. The Morgan fingerprint density at radius 2 is 1.91 bits per heavy atom. The van der Waals surface area contributed by atoms with Gasteiger partial charge in [-0.25, -0.2) is 4.79 Å². The maximum Gasteiger partial charge on any atom is 0.336 e. The van der Waals surface area contributed by atoms with Gasteiger partial charge in [-0.15, -0.1) is 0 Å². The third-order valence-corrected chi connectivity index (χ3v) is 5.59. The highest BCUT2D eigenvalue weighted by atomic mass is 16.5. The van der Waals surface area contributed by atoms with Crippen molar-refractivity contribution in [1.82, 2.24) is 0 Å². The minimum atomic E-state index is -0.888. The lowest BCUT2D eigenvalue weighted by Crippen LogP contribution is -2.60. The van der Waals surface area contributed by atoms with Crippen molar-refractivity contribution >= 4 is 11.0 Å². The van der Waals surface area contributed by atoms with Crippen LogP contribution in [0.5, 0.6) is 5.75 Å². The van der Waals surface area contributed by atoms with Crippen LogP contribution in [0.3, 0.4) is 0 Å². The van der Waals surface area contributed by atoms with Crippen LogP contribution in [0.4, 0.5) is 0 Å². The number of hydrogen-bond acceptors (Lipinski definition) is 4. The van der Waals surface area contributed by atoms with Crippen LogP contribution in [-0.2, 0) is 6.42 Å². The lowest BCUT2D eigenvalue weighted by atomic mass is 9.62. The molecule has 4 heteroatoms. The Morgan fingerprint density at radius 1 is 1.13 bits per heavy atom. The molecule has 1 N–H and O–H groups in total. The summed E-state index contributed by atoms with van der Waals surface area (Å²) in [6.07, 6.45) is 3.25. The van der Waals surface area contributed by atoms with Gasteiger partial charge in [0, 0.05) is 23.9 Å². The van der Waals surface area contributed by atoms with E-state index in [1.54, 1.807) is 12.1 Å². The first-order valence-electron chi connectivity index (χ1n) is 8.18. The molecule has 1 spiro atoms. The van der Waals surface area contributed by atoms with Crippen molar-refractivity contribution in [3.05, 3.63) is 40.2 Å². The van der Waals surface area contributed by atoms with Gasteiger partial charge in [-0.1, -0.05) is 13.8 Å². The highest BCUT2D eigenvalue weighted by Gasteiger charge is 2.57. The average Bonchev–Trinajstić information content (AvgIpc) is 2.79. The Morgan fingerprint density at radius 3 is 2.65 bits per heavy atom. The van der Waals surface area contributed by atoms with Crippen LogP contribution in [0.2, 0.25) is 0 Å². The van der Waals surface area contributed by atoms with E-state index in [-0.39, 0.29) is 11.0 Å². The Kier molecular flexibility index (Phi) is 2.81. The van der Waals surface area contributed by atoms with Crippen LogP contribution >= 0.6 is 0 Å². The van der Waals surface area contributed by atoms with E-state index in [9.17, 15) is 9.90 Å². The molecule has 1 aliphatic carbocycles. The molecule has 0 bridgehead atoms. The van der Waals surface area contributed by atoms with E-state index in [4.69, 9.17) is 9.15 Å². The quantitative estimate of drug-likeness (QED) is 0.757. The molecule has 1 fully saturated rings. The molecule has 1 saturated carbocycles. The highest BCUT2D eigenvalue weighted by Crippen LogP contribution is 2.53. The maximum atomic E-state index is 11.4. The molecule has 23 heavy (non-hydrogen) atoms. The van der Waals surface area contributed by atoms with Crippen LogP contribution in [0.15, 0.2) is 33.5 Å². The van der Waals surface area contributed by atoms with Gasteiger partial charge in [0.15, 0.2) is 0 Å². The Labute approximate surface area is 135 Å². The molecule has 4 nitrogen and oxygen atoms in total. The molecule has 2 unspecified atom stereocenters. The van der Waals surface area contributed by atoms with Crippen molar-refractivity contribution in [3.63, 3.8) is 0 Å². The minimum absolute atomic E-state index is 0.115. The summed E-state index contributed by atoms with van der Waals surface area (Å²) in [6, 6.07) is 7.00. The molecule has 1 aliphatic heterocycles. The van der Waals surface area contributed by atoms with Crippen molar-refractivity contribution in [3.8, 4) is 5.75 Å². The molecule has 1 aromatic heterocycles. The van der Waals surface area contributed by atoms with Crippen LogP contribution in [0.25, 0.3) is 11.0 Å². The summed E-state index contributed by atoms with van der Waals surface area (Å²) in [6.45, 7) is 6.28. The summed E-state index contributed by atoms with van der Waals surface area (Å²) < 4.78 is 11.5. The van der Waals surface area contributed by atoms with E-state index >= 15 is 0 Å². The average molecular weight is 314 g/mol. The summed E-state index contributed by atoms with van der Waals surface area (Å²) in [5.74, 6) is 0.729. The molecular formula is C19H22O4. The number of ether oxygens (including phenoxy) is 1. The highest BCUT2D eigenvalue weighted by molar-refractivity contribution is 5.80. The van der Waals surface area contributed by atoms with Gasteiger partial charge in [0.2, 0.25) is 0 Å². The fraction of sp³-hybridized carbons (Fsp3) is 0.526. The summed E-state index contributed by atoms with van der Waals surface area (Å²) in [4.78, 5) is 11.4. The molecule has 0 saturated heterocycles. The van der Waals surface area contributed by atoms with E-state index in [1.807, 2.05) is 13.0 Å². The van der Waals surface area contributed by atoms with Gasteiger partial charge < -0.3 is 14.3 Å². The minimum Gasteiger partial charge on any atom is -0.484 e. The largest absolute Gasteiger partial charge is 0.484 e. The van der Waals surface area contributed by atoms with Crippen LogP contribution < -0.4 is 10.4 Å². The second-order valence-electron chi connectivity index (χ2n) is 8.14. The Balaban J connectivity index is 1.77. The maximum absolute atomic E-state index is 11.4. The molecule has 0 amide bonds. The monoisotopic (exact) mass is 314 g/mol. The zero-order chi connectivity index (χ0) is 16.5. The first-order chi connectivity index (χ1) is 10.7. The number of fused-ring (bicyclic) bond motifs is 2. The van der Waals surface area contributed by atoms with Gasteiger partial charge in [0.1, 0.15) is 22.5 Å². The standard InChI is InChI=1S/C19H22O4/c1-17(2)6-7-19(18(3,21)11-17)10-13-8-12-4-5-16(20)22-14(12)9-15(13)23-19/h4-5,8-9,21H,6-7,10-11H2,1-3H3. The summed E-state index contributed by atoms with van der Waals surface area (Å²) in [5, 5.41) is 12.0. The smallest absolute Gasteiger partial charge is 0.336 e. The van der Waals surface area contributed by atoms with Crippen molar-refractivity contribution < 1.29 is 14.3 Å². The molecular weight excluding hydrogens is 292 g/mol. The van der Waals surface area contributed by atoms with Gasteiger partial charge in [-0.2, -0.15) is 0 Å². The SMILES string of the molecule is CC1(C)CCC2(Cc3cc4ccc(=O)oc4cc3O2)C(C)(O)C1. The van der Waals surface area contributed by atoms with Gasteiger partial charge in [0.25, 0.3) is 0 Å². The van der Waals surface area contributed by atoms with E-state index in [2.05, 4.69) is 13.8 Å². The van der Waals surface area contributed by atoms with E-state index in [0.717, 1.165) is 29.5 Å². The molecule has 0 radical (unpaired) electrons. The lowest BCUT2D eigenvalue weighted by molar-refractivity contribution is -0.163. The van der Waals surface area contributed by atoms with E-state index < -0.39 is 11.2 Å². The zero-order valence-corrected chi connectivity index (χ0v) is 13.8. The molecule has 1 aromatic carbocycles. The second-order valence-corrected chi connectivity index (χ2v) is 8.14. The predicted molar refractivity (Wildman–Crippen MR) is 87.8 cm³/mol. The number of rotatable bonds is 0. The summed E-state index contributed by atoms with van der Waals surface area (Å²) >= 11 is 0. The third-order valence-electron chi connectivity index (χ3n) is 5.59. The van der Waals surface area contributed by atoms with Crippen LogP contribution in [0.1, 0.15) is 45.6 Å². The Bertz CT molecular complexity index is 846. The van der Waals surface area contributed by atoms with Gasteiger partial charge in [-0.05, 0) is 49.3 Å². The van der Waals surface area contributed by atoms with Crippen molar-refractivity contribution in [2.75, 3.05) is 0 Å². The van der Waals surface area contributed by atoms with Gasteiger partial charge in [0.05, 0.1) is 0 Å². The number of aliphatic hydroxyl groups is 1. The third kappa shape index (κ3) is 2.19. The fourth-order valence-corrected chi connectivity index (χ4v) is 4.36. The molecule has 4 rings (SSSR count). The molecule has 122 valence electrons. The number of hydrogen-bond donors (Lipinski definition) is 1. The summed E-state index contributed by atoms with van der Waals surface area (Å²) in [7, 11) is 0. The van der Waals surface area contributed by atoms with E-state index in [1.165, 1.54) is 6.07 Å². The predicted octanol–water partition coefficient (Wildman–Crippen LogP) is 3.43. The molecule has 2 aromatic rings. The van der Waals surface area contributed by atoms with Crippen molar-refractivity contribution in [2.24, 2.45) is 5.41 Å². The van der Waals surface area contributed by atoms with Crippen molar-refractivity contribution in [2.45, 2.75) is 57.7 Å². The van der Waals surface area contributed by atoms with Gasteiger partial charge >= 0.3 is 5.63 Å². The van der Waals surface area contributed by atoms with Gasteiger partial charge in [-0.3, -0.25) is 0 Å². The Hall–Kier alpha value is -1.81. The fourth-order valence-electron chi connectivity index (χ4n) is 4.36. The van der Waals surface area contributed by atoms with Crippen LogP contribution in [0, 0.1) is 5.41 Å². The molecule has 2 heterocycles. The van der Waals surface area contributed by atoms with Crippen LogP contribution in [-0.4, -0.2) is 16.3 Å². The molecule has 2 aliphatic rings. The summed E-state index contributed by atoms with van der Waals surface area (Å²) in [5.41, 5.74) is -0.111. The first-order valence-corrected chi connectivity index (χ1v) is 8.18. The topological polar surface area (TPSA) is 59.7 Å². The first kappa shape index (κ1) is 14.8. The van der Waals surface area contributed by atoms with E-state index in [0.29, 0.717) is 18.4 Å². The normalized spacial score (nSPS) is 32.0. The zero-order valence-electron chi connectivity index (χ0n) is 13.8. The second kappa shape index (κ2) is 4.38. The van der Waals surface area contributed by atoms with Crippen molar-refractivity contribution in [1.29, 1.82) is 0 Å². The molecule has 2 atom stereocenters.